The van der Waals surface area contributed by atoms with E-state index in [1.54, 1.807) is 0 Å². The smallest absolute Gasteiger partial charge is 0.0667 e. The Morgan fingerprint density at radius 2 is 2.20 bits per heavy atom. The zero-order valence-electron chi connectivity index (χ0n) is 9.55. The maximum atomic E-state index is 5.46. The third-order valence-corrected chi connectivity index (χ3v) is 3.12. The van der Waals surface area contributed by atoms with E-state index in [0.717, 1.165) is 13.2 Å². The van der Waals surface area contributed by atoms with Crippen LogP contribution in [0.1, 0.15) is 24.0 Å². The highest BCUT2D eigenvalue weighted by Crippen LogP contribution is 2.20. The Labute approximate surface area is 91.6 Å². The Morgan fingerprint density at radius 3 is 2.93 bits per heavy atom. The zero-order valence-corrected chi connectivity index (χ0v) is 9.55. The summed E-state index contributed by atoms with van der Waals surface area (Å²) in [5, 5.41) is 3.56. The van der Waals surface area contributed by atoms with Crippen LogP contribution in [0.2, 0.25) is 0 Å². The molecule has 82 valence electrons. The van der Waals surface area contributed by atoms with Crippen LogP contribution in [0.5, 0.6) is 0 Å². The predicted molar refractivity (Wildman–Crippen MR) is 63.4 cm³/mol. The molecule has 1 N–H and O–H groups in total. The van der Waals surface area contributed by atoms with Crippen molar-refractivity contribution in [2.24, 2.45) is 0 Å². The van der Waals surface area contributed by atoms with Crippen LogP contribution < -0.4 is 5.32 Å². The number of hydrogen-bond donors (Lipinski definition) is 1. The minimum Gasteiger partial charge on any atom is -0.380 e. The van der Waals surface area contributed by atoms with Crippen LogP contribution in [-0.2, 0) is 4.74 Å². The van der Waals surface area contributed by atoms with E-state index in [1.165, 1.54) is 29.7 Å². The Kier molecular flexibility index (Phi) is 3.27. The van der Waals surface area contributed by atoms with E-state index < -0.39 is 0 Å². The van der Waals surface area contributed by atoms with Gasteiger partial charge in [0, 0.05) is 18.3 Å². The van der Waals surface area contributed by atoms with Crippen molar-refractivity contribution in [2.45, 2.75) is 32.7 Å². The van der Waals surface area contributed by atoms with E-state index in [9.17, 15) is 0 Å². The molecule has 2 rings (SSSR count). The lowest BCUT2D eigenvalue weighted by molar-refractivity contribution is 0.0876. The molecule has 2 nitrogen and oxygen atoms in total. The number of ether oxygens (including phenoxy) is 1. The second-order valence-corrected chi connectivity index (χ2v) is 4.31. The van der Waals surface area contributed by atoms with Crippen LogP contribution in [0.4, 0.5) is 5.69 Å². The SMILES string of the molecule is Cc1cccc(NC2CCCOC2)c1C. The van der Waals surface area contributed by atoms with Gasteiger partial charge in [0.05, 0.1) is 6.61 Å². The van der Waals surface area contributed by atoms with E-state index >= 15 is 0 Å². The number of hydrogen-bond acceptors (Lipinski definition) is 2. The van der Waals surface area contributed by atoms with Crippen molar-refractivity contribution in [2.75, 3.05) is 18.5 Å². The first-order valence-corrected chi connectivity index (χ1v) is 5.68. The summed E-state index contributed by atoms with van der Waals surface area (Å²) < 4.78 is 5.46. The van der Waals surface area contributed by atoms with Gasteiger partial charge in [-0.1, -0.05) is 12.1 Å². The maximum absolute atomic E-state index is 5.46. The first-order valence-electron chi connectivity index (χ1n) is 5.68. The van der Waals surface area contributed by atoms with Crippen molar-refractivity contribution in [3.8, 4) is 0 Å². The molecule has 1 unspecified atom stereocenters. The summed E-state index contributed by atoms with van der Waals surface area (Å²) >= 11 is 0. The highest BCUT2D eigenvalue weighted by Gasteiger charge is 2.14. The van der Waals surface area contributed by atoms with Gasteiger partial charge < -0.3 is 10.1 Å². The van der Waals surface area contributed by atoms with E-state index in [1.807, 2.05) is 0 Å². The van der Waals surface area contributed by atoms with Gasteiger partial charge in [0.2, 0.25) is 0 Å². The summed E-state index contributed by atoms with van der Waals surface area (Å²) in [4.78, 5) is 0. The lowest BCUT2D eigenvalue weighted by Crippen LogP contribution is -2.30. The molecular formula is C13H19NO. The molecule has 1 atom stereocenters. The molecule has 1 aromatic carbocycles. The molecule has 0 radical (unpaired) electrons. The lowest BCUT2D eigenvalue weighted by atomic mass is 10.1. The molecule has 0 saturated carbocycles. The Balaban J connectivity index is 2.06. The van der Waals surface area contributed by atoms with Gasteiger partial charge in [-0.3, -0.25) is 0 Å². The fraction of sp³-hybridized carbons (Fsp3) is 0.538. The molecule has 2 heteroatoms. The Morgan fingerprint density at radius 1 is 1.33 bits per heavy atom. The third kappa shape index (κ3) is 2.51. The largest absolute Gasteiger partial charge is 0.380 e. The summed E-state index contributed by atoms with van der Waals surface area (Å²) in [6.07, 6.45) is 2.38. The van der Waals surface area contributed by atoms with Gasteiger partial charge in [0.25, 0.3) is 0 Å². The minimum atomic E-state index is 0.485. The molecule has 1 aliphatic heterocycles. The fourth-order valence-corrected chi connectivity index (χ4v) is 1.98. The van der Waals surface area contributed by atoms with Crippen molar-refractivity contribution in [3.63, 3.8) is 0 Å². The summed E-state index contributed by atoms with van der Waals surface area (Å²) in [5.74, 6) is 0. The molecule has 0 aliphatic carbocycles. The molecule has 1 heterocycles. The number of anilines is 1. The molecule has 0 amide bonds. The van der Waals surface area contributed by atoms with E-state index in [-0.39, 0.29) is 0 Å². The van der Waals surface area contributed by atoms with Crippen molar-refractivity contribution in [1.82, 2.24) is 0 Å². The number of benzene rings is 1. The molecule has 0 aromatic heterocycles. The van der Waals surface area contributed by atoms with Crippen LogP contribution >= 0.6 is 0 Å². The average molecular weight is 205 g/mol. The predicted octanol–water partition coefficient (Wildman–Crippen LogP) is 2.89. The van der Waals surface area contributed by atoms with Gasteiger partial charge in [-0.2, -0.15) is 0 Å². The van der Waals surface area contributed by atoms with Crippen LogP contribution in [0.25, 0.3) is 0 Å². The van der Waals surface area contributed by atoms with Crippen LogP contribution in [-0.4, -0.2) is 19.3 Å². The molecule has 15 heavy (non-hydrogen) atoms. The standard InChI is InChI=1S/C13H19NO/c1-10-5-3-7-13(11(10)2)14-12-6-4-8-15-9-12/h3,5,7,12,14H,4,6,8-9H2,1-2H3. The molecule has 1 aliphatic rings. The van der Waals surface area contributed by atoms with Crippen LogP contribution in [0.15, 0.2) is 18.2 Å². The monoisotopic (exact) mass is 205 g/mol. The third-order valence-electron chi connectivity index (χ3n) is 3.12. The second-order valence-electron chi connectivity index (χ2n) is 4.31. The topological polar surface area (TPSA) is 21.3 Å². The van der Waals surface area contributed by atoms with Crippen molar-refractivity contribution < 1.29 is 4.74 Å². The van der Waals surface area contributed by atoms with E-state index in [4.69, 9.17) is 4.74 Å². The minimum absolute atomic E-state index is 0.485. The van der Waals surface area contributed by atoms with E-state index in [2.05, 4.69) is 37.4 Å². The molecule has 0 bridgehead atoms. The summed E-state index contributed by atoms with van der Waals surface area (Å²) in [5.41, 5.74) is 3.95. The van der Waals surface area contributed by atoms with Crippen LogP contribution in [0, 0.1) is 13.8 Å². The van der Waals surface area contributed by atoms with Gasteiger partial charge in [-0.15, -0.1) is 0 Å². The maximum Gasteiger partial charge on any atom is 0.0667 e. The van der Waals surface area contributed by atoms with Crippen molar-refractivity contribution in [1.29, 1.82) is 0 Å². The fourth-order valence-electron chi connectivity index (χ4n) is 1.98. The Hall–Kier alpha value is -1.02. The summed E-state index contributed by atoms with van der Waals surface area (Å²) in [7, 11) is 0. The molecule has 1 fully saturated rings. The highest BCUT2D eigenvalue weighted by atomic mass is 16.5. The van der Waals surface area contributed by atoms with Crippen molar-refractivity contribution in [3.05, 3.63) is 29.3 Å². The first-order chi connectivity index (χ1) is 7.27. The van der Waals surface area contributed by atoms with Crippen molar-refractivity contribution >= 4 is 5.69 Å². The van der Waals surface area contributed by atoms with Gasteiger partial charge in [-0.05, 0) is 43.9 Å². The number of aryl methyl sites for hydroxylation is 1. The lowest BCUT2D eigenvalue weighted by Gasteiger charge is -2.25. The molecule has 1 aromatic rings. The number of nitrogens with one attached hydrogen (secondary N) is 1. The Bertz CT molecular complexity index is 329. The zero-order chi connectivity index (χ0) is 10.7. The highest BCUT2D eigenvalue weighted by molar-refractivity contribution is 5.54. The number of rotatable bonds is 2. The normalized spacial score (nSPS) is 21.3. The van der Waals surface area contributed by atoms with E-state index in [0.29, 0.717) is 6.04 Å². The van der Waals surface area contributed by atoms with Gasteiger partial charge >= 0.3 is 0 Å². The summed E-state index contributed by atoms with van der Waals surface area (Å²) in [6, 6.07) is 6.89. The van der Waals surface area contributed by atoms with Gasteiger partial charge in [0.1, 0.15) is 0 Å². The summed E-state index contributed by atoms with van der Waals surface area (Å²) in [6.45, 7) is 6.08. The van der Waals surface area contributed by atoms with Crippen LogP contribution in [0.3, 0.4) is 0 Å². The molecule has 1 saturated heterocycles. The molecular weight excluding hydrogens is 186 g/mol. The van der Waals surface area contributed by atoms with Gasteiger partial charge in [-0.25, -0.2) is 0 Å². The first kappa shape index (κ1) is 10.5. The van der Waals surface area contributed by atoms with Gasteiger partial charge in [0.15, 0.2) is 0 Å². The molecule has 0 spiro atoms. The quantitative estimate of drug-likeness (QED) is 0.801. The second kappa shape index (κ2) is 4.67. The average Bonchev–Trinajstić information content (AvgIpc) is 2.26.